The van der Waals surface area contributed by atoms with E-state index in [0.717, 1.165) is 22.3 Å². The third kappa shape index (κ3) is 9.07. The molecule has 1 aromatic rings. The predicted molar refractivity (Wildman–Crippen MR) is 214 cm³/mol. The van der Waals surface area contributed by atoms with E-state index in [1.54, 1.807) is 0 Å². The second-order valence-corrected chi connectivity index (χ2v) is 16.9. The maximum Gasteiger partial charge on any atom is 0.311 e. The molecule has 5 unspecified atom stereocenters. The molecule has 296 valence electrons. The molecule has 0 aromatic heterocycles. The number of Topliss-reactive ketones (excluding diaryl/α,β-unsaturated/α-hetero) is 2. The van der Waals surface area contributed by atoms with Crippen LogP contribution in [0.2, 0.25) is 0 Å². The average molecular weight is 745 g/mol. The fraction of sp³-hybridized carbons (Fsp3) is 0.565. The minimum atomic E-state index is -1.48. The fourth-order valence-electron chi connectivity index (χ4n) is 8.30. The first-order chi connectivity index (χ1) is 25.2. The Morgan fingerprint density at radius 2 is 1.44 bits per heavy atom. The minimum Gasteiger partial charge on any atom is -0.511 e. The van der Waals surface area contributed by atoms with E-state index < -0.39 is 51.6 Å². The van der Waals surface area contributed by atoms with Crippen molar-refractivity contribution < 1.29 is 38.9 Å². The van der Waals surface area contributed by atoms with Crippen molar-refractivity contribution in [3.05, 3.63) is 82.2 Å². The standard InChI is InChI=1S/C46H64O8/c1-13-15-37(47)53-35-22-20-32(25-36(35)54-38(48)16-14-2)40(49)39-41(50)45(26-33(31(9)10)19-17-28(3)4)27-34(21-18-29(5)6)44(11,12)46(42(39)51,43(45)52)24-23-30(7)8/h17-18,20,22-23,25,33-34,43,50,52H,9,13-16,19,21,24,26-27H2,1-8,10-12H3. The van der Waals surface area contributed by atoms with Crippen LogP contribution in [0, 0.1) is 28.1 Å². The van der Waals surface area contributed by atoms with Crippen LogP contribution in [0.25, 0.3) is 0 Å². The molecule has 0 aliphatic heterocycles. The maximum atomic E-state index is 15.4. The van der Waals surface area contributed by atoms with Crippen molar-refractivity contribution in [3.63, 3.8) is 0 Å². The van der Waals surface area contributed by atoms with Crippen LogP contribution >= 0.6 is 0 Å². The Balaban J connectivity index is 2.43. The Bertz CT molecular complexity index is 1740. The Kier molecular flexibility index (Phi) is 14.8. The molecule has 2 bridgehead atoms. The molecule has 0 saturated heterocycles. The third-order valence-electron chi connectivity index (χ3n) is 11.7. The van der Waals surface area contributed by atoms with Gasteiger partial charge in [-0.05, 0) is 129 Å². The van der Waals surface area contributed by atoms with Crippen molar-refractivity contribution >= 4 is 23.5 Å². The van der Waals surface area contributed by atoms with Crippen LogP contribution < -0.4 is 9.47 Å². The first-order valence-corrected chi connectivity index (χ1v) is 19.5. The van der Waals surface area contributed by atoms with Gasteiger partial charge in [-0.1, -0.05) is 74.8 Å². The summed E-state index contributed by atoms with van der Waals surface area (Å²) in [5.74, 6) is -3.36. The summed E-state index contributed by atoms with van der Waals surface area (Å²) in [4.78, 5) is 55.5. The fourth-order valence-corrected chi connectivity index (χ4v) is 8.30. The largest absolute Gasteiger partial charge is 0.511 e. The Labute approximate surface area is 323 Å². The number of carbonyl (C=O) groups is 4. The topological polar surface area (TPSA) is 127 Å². The van der Waals surface area contributed by atoms with Gasteiger partial charge in [0.1, 0.15) is 11.3 Å². The Hall–Kier alpha value is -4.04. The molecule has 1 saturated carbocycles. The van der Waals surface area contributed by atoms with E-state index >= 15 is 4.79 Å². The molecule has 1 aromatic carbocycles. The van der Waals surface area contributed by atoms with Gasteiger partial charge in [-0.25, -0.2) is 0 Å². The molecule has 1 fully saturated rings. The van der Waals surface area contributed by atoms with Crippen LogP contribution in [0.4, 0.5) is 0 Å². The molecule has 5 atom stereocenters. The van der Waals surface area contributed by atoms with Crippen molar-refractivity contribution in [2.75, 3.05) is 0 Å². The lowest BCUT2D eigenvalue weighted by Crippen LogP contribution is -2.69. The number of hydrogen-bond acceptors (Lipinski definition) is 8. The molecule has 3 rings (SSSR count). The van der Waals surface area contributed by atoms with E-state index in [4.69, 9.17) is 9.47 Å². The van der Waals surface area contributed by atoms with E-state index in [0.29, 0.717) is 32.1 Å². The highest BCUT2D eigenvalue weighted by Crippen LogP contribution is 2.69. The van der Waals surface area contributed by atoms with E-state index in [-0.39, 0.29) is 60.2 Å². The van der Waals surface area contributed by atoms with E-state index in [1.165, 1.54) is 18.2 Å². The molecule has 2 aliphatic carbocycles. The zero-order valence-electron chi connectivity index (χ0n) is 34.6. The number of esters is 2. The van der Waals surface area contributed by atoms with Gasteiger partial charge >= 0.3 is 11.9 Å². The van der Waals surface area contributed by atoms with Gasteiger partial charge in [-0.2, -0.15) is 0 Å². The number of benzene rings is 1. The third-order valence-corrected chi connectivity index (χ3v) is 11.7. The highest BCUT2D eigenvalue weighted by atomic mass is 16.6. The lowest BCUT2D eigenvalue weighted by Gasteiger charge is -2.65. The summed E-state index contributed by atoms with van der Waals surface area (Å²) in [6, 6.07) is 4.08. The van der Waals surface area contributed by atoms with Crippen molar-refractivity contribution in [3.8, 4) is 11.5 Å². The van der Waals surface area contributed by atoms with Crippen LogP contribution in [-0.2, 0) is 14.4 Å². The molecular weight excluding hydrogens is 680 g/mol. The molecule has 2 N–H and O–H groups in total. The van der Waals surface area contributed by atoms with Gasteiger partial charge in [0.05, 0.1) is 16.9 Å². The number of hydrogen-bond donors (Lipinski definition) is 2. The zero-order chi connectivity index (χ0) is 40.8. The van der Waals surface area contributed by atoms with Crippen LogP contribution in [0.5, 0.6) is 11.5 Å². The van der Waals surface area contributed by atoms with Crippen molar-refractivity contribution in [1.82, 2.24) is 0 Å². The number of carbonyl (C=O) groups excluding carboxylic acids is 4. The second kappa shape index (κ2) is 18.1. The van der Waals surface area contributed by atoms with Crippen molar-refractivity contribution in [2.24, 2.45) is 28.1 Å². The summed E-state index contributed by atoms with van der Waals surface area (Å²) in [5, 5.41) is 25.5. The van der Waals surface area contributed by atoms with Gasteiger partial charge < -0.3 is 19.7 Å². The Morgan fingerprint density at radius 3 is 1.96 bits per heavy atom. The summed E-state index contributed by atoms with van der Waals surface area (Å²) >= 11 is 0. The second-order valence-electron chi connectivity index (χ2n) is 16.9. The first kappa shape index (κ1) is 44.4. The highest BCUT2D eigenvalue weighted by molar-refractivity contribution is 6.29. The van der Waals surface area contributed by atoms with Gasteiger partial charge in [-0.3, -0.25) is 19.2 Å². The quantitative estimate of drug-likeness (QED) is 0.0530. The number of ether oxygens (including phenoxy) is 2. The summed E-state index contributed by atoms with van der Waals surface area (Å²) in [6.45, 7) is 25.9. The smallest absolute Gasteiger partial charge is 0.311 e. The number of rotatable bonds is 17. The zero-order valence-corrected chi connectivity index (χ0v) is 34.6. The molecule has 0 radical (unpaired) electrons. The molecule has 8 heteroatoms. The average Bonchev–Trinajstić information content (AvgIpc) is 3.07. The molecule has 2 aliphatic rings. The van der Waals surface area contributed by atoms with Gasteiger partial charge in [0.25, 0.3) is 0 Å². The lowest BCUT2D eigenvalue weighted by atomic mass is 9.38. The summed E-state index contributed by atoms with van der Waals surface area (Å²) in [6.07, 6.45) is 8.20. The van der Waals surface area contributed by atoms with Crippen LogP contribution in [0.1, 0.15) is 144 Å². The number of aliphatic hydroxyl groups excluding tert-OH is 2. The normalized spacial score (nSPS) is 23.5. The molecule has 0 spiro atoms. The number of fused-ring (bicyclic) bond motifs is 2. The monoisotopic (exact) mass is 744 g/mol. The van der Waals surface area contributed by atoms with Gasteiger partial charge in [0.2, 0.25) is 0 Å². The summed E-state index contributed by atoms with van der Waals surface area (Å²) < 4.78 is 11.1. The van der Waals surface area contributed by atoms with Gasteiger partial charge in [-0.15, -0.1) is 0 Å². The molecule has 8 nitrogen and oxygen atoms in total. The van der Waals surface area contributed by atoms with E-state index in [9.17, 15) is 24.6 Å². The number of ketones is 2. The summed E-state index contributed by atoms with van der Waals surface area (Å²) in [5.41, 5.74) is 0.00142. The van der Waals surface area contributed by atoms with E-state index in [1.807, 2.05) is 82.2 Å². The SMILES string of the molecule is C=C(C)C(CC=C(C)C)CC12CC(CC=C(C)C)C(C)(C)C(CC=C(C)C)(C(=O)C(C(=O)c3ccc(OC(=O)CCC)c(OC(=O)CCC)c3)=C1O)C2O. The molecule has 0 amide bonds. The predicted octanol–water partition coefficient (Wildman–Crippen LogP) is 10.7. The molecule has 0 heterocycles. The van der Waals surface area contributed by atoms with Gasteiger partial charge in [0, 0.05) is 18.4 Å². The van der Waals surface area contributed by atoms with Crippen molar-refractivity contribution in [1.29, 1.82) is 0 Å². The minimum absolute atomic E-state index is 0.0265. The summed E-state index contributed by atoms with van der Waals surface area (Å²) in [7, 11) is 0. The molecular formula is C46H64O8. The van der Waals surface area contributed by atoms with E-state index in [2.05, 4.69) is 18.7 Å². The maximum absolute atomic E-state index is 15.4. The lowest BCUT2D eigenvalue weighted by molar-refractivity contribution is -0.204. The number of aliphatic hydroxyl groups is 2. The Morgan fingerprint density at radius 1 is 0.889 bits per heavy atom. The van der Waals surface area contributed by atoms with Crippen LogP contribution in [0.15, 0.2) is 76.6 Å². The number of allylic oxidation sites excluding steroid dienone is 8. The van der Waals surface area contributed by atoms with Crippen molar-refractivity contribution in [2.45, 2.75) is 140 Å². The van der Waals surface area contributed by atoms with Crippen LogP contribution in [0.3, 0.4) is 0 Å². The first-order valence-electron chi connectivity index (χ1n) is 19.5. The van der Waals surface area contributed by atoms with Crippen LogP contribution in [-0.4, -0.2) is 39.8 Å². The highest BCUT2D eigenvalue weighted by Gasteiger charge is 2.72. The van der Waals surface area contributed by atoms with Gasteiger partial charge in [0.15, 0.2) is 23.1 Å². The molecule has 54 heavy (non-hydrogen) atoms.